The summed E-state index contributed by atoms with van der Waals surface area (Å²) in [5.41, 5.74) is 9.90. The number of hydrogen-bond acceptors (Lipinski definition) is 7. The number of aryl methyl sites for hydroxylation is 3. The second-order valence-electron chi connectivity index (χ2n) is 13.5. The summed E-state index contributed by atoms with van der Waals surface area (Å²) >= 11 is 0. The van der Waals surface area contributed by atoms with Gasteiger partial charge in [0, 0.05) is 81.9 Å². The van der Waals surface area contributed by atoms with Crippen LogP contribution in [0.25, 0.3) is 22.2 Å². The number of carbonyl (C=O) groups is 1. The van der Waals surface area contributed by atoms with Crippen LogP contribution in [0.4, 0.5) is 10.5 Å². The number of urea groups is 1. The number of pyridine rings is 1. The number of benzene rings is 2. The highest BCUT2D eigenvalue weighted by atomic mass is 16.5. The van der Waals surface area contributed by atoms with Crippen molar-refractivity contribution in [2.24, 2.45) is 0 Å². The van der Waals surface area contributed by atoms with Crippen LogP contribution in [0.1, 0.15) is 68.5 Å². The SMILES string of the molecule is CCc1nc2c(cnn2CC)c(NC2CCOCC2)c1CNC(=O)NCc1ccc(C)c(-c2cccc(CN3C[C@@H](C)N[C@@H](C)C3)c2)c1. The second kappa shape index (κ2) is 15.5. The lowest BCUT2D eigenvalue weighted by molar-refractivity contribution is 0.0904. The minimum Gasteiger partial charge on any atom is -0.381 e. The molecule has 0 unspecified atom stereocenters. The molecule has 4 heterocycles. The van der Waals surface area contributed by atoms with Crippen molar-refractivity contribution in [1.82, 2.24) is 35.6 Å². The highest BCUT2D eigenvalue weighted by Crippen LogP contribution is 2.31. The molecule has 256 valence electrons. The summed E-state index contributed by atoms with van der Waals surface area (Å²) < 4.78 is 7.54. The molecule has 2 saturated heterocycles. The fourth-order valence-corrected chi connectivity index (χ4v) is 7.27. The van der Waals surface area contributed by atoms with Crippen molar-refractivity contribution in [3.8, 4) is 11.1 Å². The fraction of sp³-hybridized carbons (Fsp3) is 0.500. The Bertz CT molecular complexity index is 1700. The van der Waals surface area contributed by atoms with Gasteiger partial charge >= 0.3 is 6.03 Å². The normalized spacial score (nSPS) is 19.0. The number of amides is 2. The van der Waals surface area contributed by atoms with Gasteiger partial charge in [-0.25, -0.2) is 14.5 Å². The average molecular weight is 653 g/mol. The lowest BCUT2D eigenvalue weighted by Crippen LogP contribution is -2.53. The van der Waals surface area contributed by atoms with Gasteiger partial charge < -0.3 is 26.0 Å². The largest absolute Gasteiger partial charge is 0.381 e. The number of aromatic nitrogens is 3. The van der Waals surface area contributed by atoms with E-state index in [1.165, 1.54) is 22.3 Å². The molecule has 0 radical (unpaired) electrons. The summed E-state index contributed by atoms with van der Waals surface area (Å²) in [4.78, 5) is 20.7. The number of nitrogens with zero attached hydrogens (tertiary/aromatic N) is 4. The van der Waals surface area contributed by atoms with Gasteiger partial charge in [-0.15, -0.1) is 0 Å². The monoisotopic (exact) mass is 652 g/mol. The van der Waals surface area contributed by atoms with Gasteiger partial charge in [0.2, 0.25) is 0 Å². The molecule has 48 heavy (non-hydrogen) atoms. The van der Waals surface area contributed by atoms with Gasteiger partial charge in [0.1, 0.15) is 0 Å². The number of rotatable bonds is 11. The van der Waals surface area contributed by atoms with Crippen molar-refractivity contribution in [3.05, 3.63) is 76.6 Å². The zero-order valence-corrected chi connectivity index (χ0v) is 29.2. The summed E-state index contributed by atoms with van der Waals surface area (Å²) in [6.45, 7) is 17.0. The lowest BCUT2D eigenvalue weighted by Gasteiger charge is -2.36. The molecule has 0 bridgehead atoms. The van der Waals surface area contributed by atoms with Crippen molar-refractivity contribution in [2.75, 3.05) is 31.6 Å². The molecule has 2 aliphatic rings. The molecular formula is C38H52N8O2. The van der Waals surface area contributed by atoms with Crippen molar-refractivity contribution in [3.63, 3.8) is 0 Å². The van der Waals surface area contributed by atoms with Crippen molar-refractivity contribution in [2.45, 2.75) is 98.2 Å². The number of nitrogens with one attached hydrogen (secondary N) is 4. The van der Waals surface area contributed by atoms with Crippen LogP contribution >= 0.6 is 0 Å². The Morgan fingerprint density at radius 2 is 1.77 bits per heavy atom. The average Bonchev–Trinajstić information content (AvgIpc) is 3.50. The standard InChI is InChI=1S/C38H52N8O2/c1-6-35-33(36(43-31-13-15-48-16-14-31)34-21-41-46(7-2)37(34)44-35)20-40-38(47)39-19-28-12-11-25(3)32(18-28)30-10-8-9-29(17-30)24-45-22-26(4)42-27(5)23-45/h8-12,17-18,21,26-27,31,42H,6-7,13-16,19-20,22-24H2,1-5H3,(H,43,44)(H2,39,40,47)/t26-,27+. The minimum atomic E-state index is -0.206. The summed E-state index contributed by atoms with van der Waals surface area (Å²) in [7, 11) is 0. The van der Waals surface area contributed by atoms with Crippen molar-refractivity contribution < 1.29 is 9.53 Å². The Hall–Kier alpha value is -3.99. The van der Waals surface area contributed by atoms with Crippen LogP contribution in [0.3, 0.4) is 0 Å². The zero-order valence-electron chi connectivity index (χ0n) is 29.2. The van der Waals surface area contributed by atoms with Crippen LogP contribution in [0.5, 0.6) is 0 Å². The molecule has 4 N–H and O–H groups in total. The Labute approximate surface area is 285 Å². The smallest absolute Gasteiger partial charge is 0.315 e. The van der Waals surface area contributed by atoms with Crippen LogP contribution in [0.15, 0.2) is 48.7 Å². The first-order chi connectivity index (χ1) is 23.3. The number of hydrogen-bond donors (Lipinski definition) is 4. The summed E-state index contributed by atoms with van der Waals surface area (Å²) in [5.74, 6) is 0. The first kappa shape index (κ1) is 33.9. The molecule has 2 atom stereocenters. The zero-order chi connectivity index (χ0) is 33.6. The molecule has 0 saturated carbocycles. The minimum absolute atomic E-state index is 0.206. The van der Waals surface area contributed by atoms with E-state index in [1.807, 2.05) is 10.9 Å². The van der Waals surface area contributed by atoms with Gasteiger partial charge in [0.25, 0.3) is 0 Å². The molecule has 6 rings (SSSR count). The molecule has 4 aromatic rings. The molecule has 2 fully saturated rings. The number of piperazine rings is 1. The molecule has 0 spiro atoms. The Kier molecular flexibility index (Phi) is 10.9. The maximum atomic E-state index is 13.2. The van der Waals surface area contributed by atoms with Crippen LogP contribution in [-0.2, 0) is 37.3 Å². The third-order valence-corrected chi connectivity index (χ3v) is 9.63. The summed E-state index contributed by atoms with van der Waals surface area (Å²) in [6.07, 6.45) is 4.54. The number of anilines is 1. The van der Waals surface area contributed by atoms with E-state index in [0.29, 0.717) is 31.2 Å². The molecule has 2 aromatic heterocycles. The van der Waals surface area contributed by atoms with E-state index in [0.717, 1.165) is 92.2 Å². The van der Waals surface area contributed by atoms with Gasteiger partial charge in [0.05, 0.1) is 17.3 Å². The van der Waals surface area contributed by atoms with E-state index in [4.69, 9.17) is 9.72 Å². The quantitative estimate of drug-likeness (QED) is 0.163. The Morgan fingerprint density at radius 3 is 2.52 bits per heavy atom. The third-order valence-electron chi connectivity index (χ3n) is 9.63. The van der Waals surface area contributed by atoms with Gasteiger partial charge in [-0.3, -0.25) is 4.90 Å². The fourth-order valence-electron chi connectivity index (χ4n) is 7.27. The van der Waals surface area contributed by atoms with E-state index in [9.17, 15) is 4.79 Å². The van der Waals surface area contributed by atoms with E-state index in [1.54, 1.807) is 0 Å². The summed E-state index contributed by atoms with van der Waals surface area (Å²) in [6, 6.07) is 16.4. The highest BCUT2D eigenvalue weighted by molar-refractivity contribution is 5.92. The number of fused-ring (bicyclic) bond motifs is 1. The van der Waals surface area contributed by atoms with Crippen LogP contribution in [0, 0.1) is 6.92 Å². The first-order valence-electron chi connectivity index (χ1n) is 17.7. The Balaban J connectivity index is 1.13. The van der Waals surface area contributed by atoms with Crippen LogP contribution < -0.4 is 21.3 Å². The molecule has 10 heteroatoms. The topological polar surface area (TPSA) is 108 Å². The van der Waals surface area contributed by atoms with Crippen molar-refractivity contribution >= 4 is 22.8 Å². The van der Waals surface area contributed by atoms with E-state index in [-0.39, 0.29) is 6.03 Å². The van der Waals surface area contributed by atoms with E-state index in [2.05, 4.69) is 108 Å². The lowest BCUT2D eigenvalue weighted by atomic mass is 9.96. The predicted molar refractivity (Wildman–Crippen MR) is 193 cm³/mol. The van der Waals surface area contributed by atoms with Gasteiger partial charge in [-0.1, -0.05) is 37.3 Å². The predicted octanol–water partition coefficient (Wildman–Crippen LogP) is 5.76. The van der Waals surface area contributed by atoms with E-state index < -0.39 is 0 Å². The number of ether oxygens (including phenoxy) is 1. The molecule has 10 nitrogen and oxygen atoms in total. The van der Waals surface area contributed by atoms with Gasteiger partial charge in [-0.2, -0.15) is 5.10 Å². The van der Waals surface area contributed by atoms with Gasteiger partial charge in [-0.05, 0) is 86.9 Å². The first-order valence-corrected chi connectivity index (χ1v) is 17.7. The maximum absolute atomic E-state index is 13.2. The van der Waals surface area contributed by atoms with E-state index >= 15 is 0 Å². The number of carbonyl (C=O) groups excluding carboxylic acids is 1. The molecule has 0 aliphatic carbocycles. The molecule has 2 aromatic carbocycles. The summed E-state index contributed by atoms with van der Waals surface area (Å²) in [5, 5.41) is 19.2. The molecule has 2 amide bonds. The van der Waals surface area contributed by atoms with Crippen molar-refractivity contribution in [1.29, 1.82) is 0 Å². The second-order valence-corrected chi connectivity index (χ2v) is 13.5. The highest BCUT2D eigenvalue weighted by Gasteiger charge is 2.23. The maximum Gasteiger partial charge on any atom is 0.315 e. The third kappa shape index (κ3) is 7.99. The Morgan fingerprint density at radius 1 is 1.00 bits per heavy atom. The molecule has 2 aliphatic heterocycles. The van der Waals surface area contributed by atoms with Crippen LogP contribution in [-0.4, -0.2) is 70.1 Å². The van der Waals surface area contributed by atoms with Gasteiger partial charge in [0.15, 0.2) is 5.65 Å². The molecular weight excluding hydrogens is 600 g/mol. The van der Waals surface area contributed by atoms with Crippen LogP contribution in [0.2, 0.25) is 0 Å².